The maximum Gasteiger partial charge on any atom is 0.481 e. The summed E-state index contributed by atoms with van der Waals surface area (Å²) >= 11 is 0. The van der Waals surface area contributed by atoms with Gasteiger partial charge in [-0.15, -0.1) is 0 Å². The molecule has 2 heterocycles. The van der Waals surface area contributed by atoms with Crippen LogP contribution in [-0.2, 0) is 18.8 Å². The van der Waals surface area contributed by atoms with Crippen molar-refractivity contribution in [2.45, 2.75) is 109 Å². The van der Waals surface area contributed by atoms with Gasteiger partial charge in [-0.1, -0.05) is 13.8 Å². The number of ether oxygens (including phenoxy) is 1. The number of nitrogens with one attached hydrogen (secondary N) is 1. The normalized spacial score (nSPS) is 36.2. The zero-order valence-corrected chi connectivity index (χ0v) is 20.7. The van der Waals surface area contributed by atoms with Crippen LogP contribution in [0.4, 0.5) is 13.6 Å². The lowest BCUT2D eigenvalue weighted by Gasteiger charge is -2.64. The molecule has 33 heavy (non-hydrogen) atoms. The van der Waals surface area contributed by atoms with Gasteiger partial charge in [0.05, 0.1) is 17.6 Å². The molecular formula is C23H37BF2N2O5. The van der Waals surface area contributed by atoms with E-state index in [1.807, 2.05) is 0 Å². The van der Waals surface area contributed by atoms with Gasteiger partial charge in [-0.05, 0) is 70.6 Å². The van der Waals surface area contributed by atoms with Crippen molar-refractivity contribution in [1.29, 1.82) is 0 Å². The minimum atomic E-state index is -3.47. The predicted octanol–water partition coefficient (Wildman–Crippen LogP) is 3.79. The van der Waals surface area contributed by atoms with Crippen LogP contribution >= 0.6 is 0 Å². The Bertz CT molecular complexity index is 814. The molecule has 0 radical (unpaired) electrons. The molecule has 0 aromatic heterocycles. The van der Waals surface area contributed by atoms with Crippen LogP contribution in [0.15, 0.2) is 0 Å². The number of hydrogen-bond donors (Lipinski definition) is 1. The van der Waals surface area contributed by atoms with E-state index >= 15 is 0 Å². The van der Waals surface area contributed by atoms with E-state index in [1.54, 1.807) is 20.8 Å². The van der Waals surface area contributed by atoms with Crippen LogP contribution in [0.5, 0.6) is 0 Å². The standard InChI is InChI=1S/C23H37BF2N2O5/c1-20(2,3)31-19(30)27-17(23(7,25)26)18(29)28-10-8-9-16(28)24-32-15-12-13-11-14(21(13,4)5)22(15,6)33-24/h13-17H,8-12H2,1-7H3,(H,27,30)/t13-,14-,15?,16-,17+,22-/m0/s1. The fourth-order valence-corrected chi connectivity index (χ4v) is 6.41. The molecule has 0 aromatic rings. The number of hydrogen-bond acceptors (Lipinski definition) is 5. The third-order valence-electron chi connectivity index (χ3n) is 8.28. The number of alkyl carbamates (subject to hydrolysis) is 1. The predicted molar refractivity (Wildman–Crippen MR) is 119 cm³/mol. The maximum absolute atomic E-state index is 14.5. The van der Waals surface area contributed by atoms with Crippen LogP contribution in [-0.4, -0.2) is 65.8 Å². The van der Waals surface area contributed by atoms with Crippen molar-refractivity contribution in [2.75, 3.05) is 6.54 Å². The second-order valence-electron chi connectivity index (χ2n) is 12.1. The number of likely N-dealkylation sites (tertiary alicyclic amines) is 1. The molecule has 3 aliphatic carbocycles. The molecule has 0 spiro atoms. The summed E-state index contributed by atoms with van der Waals surface area (Å²) in [6.45, 7) is 12.5. The molecule has 6 atom stereocenters. The monoisotopic (exact) mass is 470 g/mol. The summed E-state index contributed by atoms with van der Waals surface area (Å²) < 4.78 is 46.8. The molecule has 7 nitrogen and oxygen atoms in total. The van der Waals surface area contributed by atoms with Crippen LogP contribution in [0.2, 0.25) is 0 Å². The Hall–Kier alpha value is -1.42. The molecule has 5 fully saturated rings. The Morgan fingerprint density at radius 1 is 1.18 bits per heavy atom. The van der Waals surface area contributed by atoms with Crippen molar-refractivity contribution in [3.05, 3.63) is 0 Å². The van der Waals surface area contributed by atoms with Gasteiger partial charge in [0.15, 0.2) is 6.04 Å². The van der Waals surface area contributed by atoms with Crippen molar-refractivity contribution < 1.29 is 32.4 Å². The van der Waals surface area contributed by atoms with Crippen LogP contribution in [0.1, 0.15) is 74.1 Å². The average molecular weight is 470 g/mol. The number of alkyl halides is 2. The highest BCUT2D eigenvalue weighted by Gasteiger charge is 2.69. The molecule has 2 bridgehead atoms. The smallest absolute Gasteiger partial charge is 0.444 e. The number of rotatable bonds is 4. The molecule has 2 amide bonds. The first-order valence-corrected chi connectivity index (χ1v) is 12.0. The molecule has 5 aliphatic rings. The van der Waals surface area contributed by atoms with Gasteiger partial charge in [0.25, 0.3) is 11.8 Å². The molecule has 2 aliphatic heterocycles. The summed E-state index contributed by atoms with van der Waals surface area (Å²) in [7, 11) is -0.658. The summed E-state index contributed by atoms with van der Waals surface area (Å²) in [6.07, 6.45) is 2.17. The first-order valence-electron chi connectivity index (χ1n) is 12.0. The Labute approximate surface area is 195 Å². The molecule has 186 valence electrons. The minimum absolute atomic E-state index is 0.0554. The second kappa shape index (κ2) is 7.80. The highest BCUT2D eigenvalue weighted by atomic mass is 19.3. The molecule has 10 heteroatoms. The van der Waals surface area contributed by atoms with E-state index in [0.29, 0.717) is 38.1 Å². The number of carbonyl (C=O) groups excluding carboxylic acids is 2. The van der Waals surface area contributed by atoms with Crippen LogP contribution in [0, 0.1) is 17.3 Å². The first kappa shape index (κ1) is 24.7. The molecule has 0 aromatic carbocycles. The molecule has 3 saturated carbocycles. The largest absolute Gasteiger partial charge is 0.481 e. The fraction of sp³-hybridized carbons (Fsp3) is 0.913. The van der Waals surface area contributed by atoms with Gasteiger partial charge >= 0.3 is 13.2 Å². The Morgan fingerprint density at radius 2 is 1.85 bits per heavy atom. The lowest BCUT2D eigenvalue weighted by molar-refractivity contribution is -0.199. The molecular weight excluding hydrogens is 433 g/mol. The zero-order valence-electron chi connectivity index (χ0n) is 20.7. The van der Waals surface area contributed by atoms with Crippen molar-refractivity contribution in [3.8, 4) is 0 Å². The minimum Gasteiger partial charge on any atom is -0.444 e. The summed E-state index contributed by atoms with van der Waals surface area (Å²) in [5.74, 6) is -3.82. The van der Waals surface area contributed by atoms with E-state index in [1.165, 1.54) is 4.90 Å². The maximum atomic E-state index is 14.5. The van der Waals surface area contributed by atoms with Crippen molar-refractivity contribution in [3.63, 3.8) is 0 Å². The molecule has 1 unspecified atom stereocenters. The van der Waals surface area contributed by atoms with Gasteiger partial charge in [0.2, 0.25) is 0 Å². The van der Waals surface area contributed by atoms with E-state index in [2.05, 4.69) is 26.1 Å². The Balaban J connectivity index is 1.49. The van der Waals surface area contributed by atoms with Crippen LogP contribution in [0.25, 0.3) is 0 Å². The number of halogens is 2. The van der Waals surface area contributed by atoms with Gasteiger partial charge in [0, 0.05) is 13.5 Å². The van der Waals surface area contributed by atoms with Gasteiger partial charge in [-0.3, -0.25) is 4.79 Å². The van der Waals surface area contributed by atoms with Crippen molar-refractivity contribution in [2.24, 2.45) is 17.3 Å². The van der Waals surface area contributed by atoms with Crippen LogP contribution in [0.3, 0.4) is 0 Å². The highest BCUT2D eigenvalue weighted by molar-refractivity contribution is 6.48. The van der Waals surface area contributed by atoms with E-state index < -0.39 is 48.2 Å². The van der Waals surface area contributed by atoms with Crippen molar-refractivity contribution >= 4 is 19.1 Å². The van der Waals surface area contributed by atoms with E-state index in [-0.39, 0.29) is 11.5 Å². The average Bonchev–Trinajstić information content (AvgIpc) is 3.26. The highest BCUT2D eigenvalue weighted by Crippen LogP contribution is 2.66. The van der Waals surface area contributed by atoms with Crippen LogP contribution < -0.4 is 5.32 Å². The van der Waals surface area contributed by atoms with E-state index in [0.717, 1.165) is 12.8 Å². The van der Waals surface area contributed by atoms with Gasteiger partial charge in [-0.25, -0.2) is 13.6 Å². The Morgan fingerprint density at radius 3 is 2.42 bits per heavy atom. The zero-order chi connectivity index (χ0) is 24.6. The van der Waals surface area contributed by atoms with E-state index in [4.69, 9.17) is 14.0 Å². The summed E-state index contributed by atoms with van der Waals surface area (Å²) in [5.41, 5.74) is -1.13. The SMILES string of the molecule is CC(C)(C)OC(=O)N[C@H](C(=O)N1CCC[C@H]1B1OC2C[C@@H]3C[C@@H](C3(C)C)[C@]2(C)O1)C(C)(F)F. The topological polar surface area (TPSA) is 77.1 Å². The molecule has 2 saturated heterocycles. The van der Waals surface area contributed by atoms with Crippen molar-refractivity contribution in [1.82, 2.24) is 10.2 Å². The number of nitrogens with zero attached hydrogens (tertiary/aromatic N) is 1. The molecule has 1 N–H and O–H groups in total. The van der Waals surface area contributed by atoms with Gasteiger partial charge in [-0.2, -0.15) is 0 Å². The number of amides is 2. The van der Waals surface area contributed by atoms with Gasteiger partial charge < -0.3 is 24.3 Å². The number of carbonyl (C=O) groups is 2. The van der Waals surface area contributed by atoms with Gasteiger partial charge in [0.1, 0.15) is 5.60 Å². The lowest BCUT2D eigenvalue weighted by atomic mass is 9.43. The summed E-state index contributed by atoms with van der Waals surface area (Å²) in [5, 5.41) is 2.10. The summed E-state index contributed by atoms with van der Waals surface area (Å²) in [4.78, 5) is 26.9. The Kier molecular flexibility index (Phi) is 5.84. The molecule has 5 rings (SSSR count). The third kappa shape index (κ3) is 4.26. The lowest BCUT2D eigenvalue weighted by Crippen LogP contribution is -2.65. The van der Waals surface area contributed by atoms with E-state index in [9.17, 15) is 18.4 Å². The first-order chi connectivity index (χ1) is 15.0. The second-order valence-corrected chi connectivity index (χ2v) is 12.1. The quantitative estimate of drug-likeness (QED) is 0.633. The third-order valence-corrected chi connectivity index (χ3v) is 8.28. The fourth-order valence-electron chi connectivity index (χ4n) is 6.41. The summed E-state index contributed by atoms with van der Waals surface area (Å²) in [6, 6.07) is -2.03.